The number of aryl methyl sites for hydroxylation is 1. The number of nitrogens with one attached hydrogen (secondary N) is 3. The van der Waals surface area contributed by atoms with Gasteiger partial charge in [-0.25, -0.2) is 18.7 Å². The molecule has 4 heterocycles. The number of hydrogen-bond donors (Lipinski definition) is 3. The number of carbonyl (C=O) groups excluding carboxylic acids is 3. The maximum Gasteiger partial charge on any atom is 0.284 e. The minimum Gasteiger partial charge on any atom is -0.484 e. The number of pyridine rings is 1. The van der Waals surface area contributed by atoms with Crippen molar-refractivity contribution in [2.24, 2.45) is 11.8 Å². The summed E-state index contributed by atoms with van der Waals surface area (Å²) in [7, 11) is 2.15. The number of halogens is 3. The van der Waals surface area contributed by atoms with Crippen molar-refractivity contribution in [3.8, 4) is 17.2 Å². The number of amides is 3. The van der Waals surface area contributed by atoms with Gasteiger partial charge < -0.3 is 34.9 Å². The summed E-state index contributed by atoms with van der Waals surface area (Å²) in [5.74, 6) is 1.76. The van der Waals surface area contributed by atoms with Crippen molar-refractivity contribution in [1.29, 1.82) is 0 Å². The fourth-order valence-electron chi connectivity index (χ4n) is 8.36. The molecule has 0 atom stereocenters. The average molecular weight is 878 g/mol. The molecule has 1 aromatic carbocycles. The molecule has 3 amide bonds. The summed E-state index contributed by atoms with van der Waals surface area (Å²) in [6.07, 6.45) is 14.5. The molecule has 3 N–H and O–H groups in total. The number of carbonyl (C=O) groups is 3. The standard InChI is InChI=1S/C45H58ClF2N9O5/c1-55(20-6-4-2-3-5-18-50-40(58)29-61-35-15-16-38-32(22-35)8-7-21-56(38)41(59)24-46)26-31-11-13-34(14-12-31)57-27-36(42(54-57)43(47)48)52-44(60)37-28-62-45(53-37)33-17-19-49-39(23-33)51-25-30-9-10-30/h15-17,19,22-23,27-28,30-31,34,43H,2-14,18,20-21,24-26,29H2,1H3,(H,49,51)(H,50,58)(H,52,60). The van der Waals surface area contributed by atoms with Gasteiger partial charge in [0.1, 0.15) is 23.7 Å². The smallest absolute Gasteiger partial charge is 0.284 e. The number of ether oxygens (including phenoxy) is 1. The zero-order valence-electron chi connectivity index (χ0n) is 35.4. The van der Waals surface area contributed by atoms with Crippen molar-refractivity contribution in [3.05, 3.63) is 65.9 Å². The van der Waals surface area contributed by atoms with Crippen LogP contribution in [0.2, 0.25) is 0 Å². The Kier molecular flexibility index (Phi) is 15.8. The van der Waals surface area contributed by atoms with Gasteiger partial charge in [0.2, 0.25) is 11.8 Å². The van der Waals surface area contributed by atoms with Crippen LogP contribution in [-0.2, 0) is 16.0 Å². The largest absolute Gasteiger partial charge is 0.484 e. The zero-order chi connectivity index (χ0) is 43.4. The number of oxazole rings is 1. The van der Waals surface area contributed by atoms with Crippen LogP contribution in [0.1, 0.15) is 111 Å². The van der Waals surface area contributed by atoms with Crippen molar-refractivity contribution in [1.82, 2.24) is 30.0 Å². The number of anilines is 3. The van der Waals surface area contributed by atoms with Gasteiger partial charge in [0.05, 0.1) is 11.7 Å². The Balaban J connectivity index is 0.754. The van der Waals surface area contributed by atoms with Gasteiger partial charge in [-0.05, 0) is 126 Å². The predicted octanol–water partition coefficient (Wildman–Crippen LogP) is 8.27. The van der Waals surface area contributed by atoms with Crippen LogP contribution >= 0.6 is 11.6 Å². The molecular weight excluding hydrogens is 820 g/mol. The molecule has 62 heavy (non-hydrogen) atoms. The van der Waals surface area contributed by atoms with E-state index in [1.54, 1.807) is 34.0 Å². The van der Waals surface area contributed by atoms with E-state index in [1.807, 2.05) is 12.1 Å². The predicted molar refractivity (Wildman–Crippen MR) is 234 cm³/mol. The summed E-state index contributed by atoms with van der Waals surface area (Å²) in [4.78, 5) is 50.4. The van der Waals surface area contributed by atoms with Crippen molar-refractivity contribution >= 4 is 46.5 Å². The Morgan fingerprint density at radius 2 is 1.81 bits per heavy atom. The van der Waals surface area contributed by atoms with E-state index in [2.05, 4.69) is 43.0 Å². The van der Waals surface area contributed by atoms with E-state index >= 15 is 0 Å². The first kappa shape index (κ1) is 44.9. The molecule has 1 aliphatic heterocycles. The van der Waals surface area contributed by atoms with E-state index in [0.29, 0.717) is 42.1 Å². The van der Waals surface area contributed by atoms with Crippen LogP contribution in [-0.4, -0.2) is 94.6 Å². The van der Waals surface area contributed by atoms with Gasteiger partial charge in [0.25, 0.3) is 18.2 Å². The fraction of sp³-hybridized carbons (Fsp3) is 0.556. The van der Waals surface area contributed by atoms with Crippen LogP contribution in [0.3, 0.4) is 0 Å². The number of unbranched alkanes of at least 4 members (excludes halogenated alkanes) is 4. The van der Waals surface area contributed by atoms with E-state index in [-0.39, 0.29) is 47.6 Å². The highest BCUT2D eigenvalue weighted by atomic mass is 35.5. The lowest BCUT2D eigenvalue weighted by molar-refractivity contribution is -0.123. The fourth-order valence-corrected chi connectivity index (χ4v) is 8.51. The van der Waals surface area contributed by atoms with Crippen LogP contribution in [0.15, 0.2) is 53.4 Å². The molecule has 334 valence electrons. The lowest BCUT2D eigenvalue weighted by Gasteiger charge is -2.31. The molecule has 0 unspecified atom stereocenters. The molecule has 0 bridgehead atoms. The molecule has 3 aliphatic rings. The SMILES string of the molecule is CN(CCCCCCCNC(=O)COc1ccc2c(c1)CCCN2C(=O)CCl)CC1CCC(n2cc(NC(=O)c3coc(-c4ccnc(NCC5CC5)c4)n3)c(C(F)F)n2)CC1. The van der Waals surface area contributed by atoms with Crippen LogP contribution < -0.4 is 25.6 Å². The lowest BCUT2D eigenvalue weighted by Crippen LogP contribution is -2.36. The maximum atomic E-state index is 14.1. The first-order valence-electron chi connectivity index (χ1n) is 22.0. The van der Waals surface area contributed by atoms with E-state index in [0.717, 1.165) is 102 Å². The molecule has 2 aliphatic carbocycles. The topological polar surface area (TPSA) is 160 Å². The molecule has 14 nitrogen and oxygen atoms in total. The van der Waals surface area contributed by atoms with E-state index in [9.17, 15) is 23.2 Å². The highest BCUT2D eigenvalue weighted by molar-refractivity contribution is 6.29. The van der Waals surface area contributed by atoms with Gasteiger partial charge in [-0.1, -0.05) is 19.3 Å². The molecular formula is C45H58ClF2N9O5. The number of aromatic nitrogens is 4. The molecule has 2 saturated carbocycles. The summed E-state index contributed by atoms with van der Waals surface area (Å²) in [5, 5.41) is 13.1. The maximum absolute atomic E-state index is 14.1. The molecule has 0 radical (unpaired) electrons. The van der Waals surface area contributed by atoms with Gasteiger partial charge in [-0.2, -0.15) is 5.10 Å². The van der Waals surface area contributed by atoms with Crippen molar-refractivity contribution in [2.75, 3.05) is 67.8 Å². The van der Waals surface area contributed by atoms with Gasteiger partial charge in [-0.15, -0.1) is 11.6 Å². The number of alkyl halides is 3. The van der Waals surface area contributed by atoms with E-state index in [4.69, 9.17) is 20.8 Å². The Hall–Kier alpha value is -5.09. The Morgan fingerprint density at radius 1 is 1.02 bits per heavy atom. The van der Waals surface area contributed by atoms with Crippen molar-refractivity contribution < 1.29 is 32.3 Å². The van der Waals surface area contributed by atoms with Crippen LogP contribution in [0.4, 0.5) is 26.0 Å². The number of benzene rings is 1. The Bertz CT molecular complexity index is 2120. The van der Waals surface area contributed by atoms with Crippen molar-refractivity contribution in [3.63, 3.8) is 0 Å². The Labute approximate surface area is 366 Å². The Morgan fingerprint density at radius 3 is 2.60 bits per heavy atom. The van der Waals surface area contributed by atoms with Crippen LogP contribution in [0.25, 0.3) is 11.5 Å². The first-order valence-corrected chi connectivity index (χ1v) is 22.6. The summed E-state index contributed by atoms with van der Waals surface area (Å²) >= 11 is 5.77. The number of fused-ring (bicyclic) bond motifs is 1. The molecule has 2 fully saturated rings. The highest BCUT2D eigenvalue weighted by Gasteiger charge is 2.28. The minimum atomic E-state index is -2.86. The monoisotopic (exact) mass is 877 g/mol. The first-order chi connectivity index (χ1) is 30.1. The average Bonchev–Trinajstić information content (AvgIpc) is 3.80. The summed E-state index contributed by atoms with van der Waals surface area (Å²) in [5.41, 5.74) is 2.02. The van der Waals surface area contributed by atoms with E-state index < -0.39 is 18.0 Å². The van der Waals surface area contributed by atoms with Crippen molar-refractivity contribution in [2.45, 2.75) is 95.9 Å². The highest BCUT2D eigenvalue weighted by Crippen LogP contribution is 2.36. The van der Waals surface area contributed by atoms with E-state index in [1.165, 1.54) is 25.3 Å². The molecule has 7 rings (SSSR count). The van der Waals surface area contributed by atoms with Gasteiger partial charge >= 0.3 is 0 Å². The summed E-state index contributed by atoms with van der Waals surface area (Å²) in [6.45, 7) is 4.05. The lowest BCUT2D eigenvalue weighted by atomic mass is 9.86. The molecule has 4 aromatic rings. The normalized spacial score (nSPS) is 17.5. The summed E-state index contributed by atoms with van der Waals surface area (Å²) in [6, 6.07) is 9.07. The quantitative estimate of drug-likeness (QED) is 0.0518. The third-order valence-corrected chi connectivity index (χ3v) is 12.2. The van der Waals surface area contributed by atoms with Crippen LogP contribution in [0.5, 0.6) is 5.75 Å². The number of hydrogen-bond acceptors (Lipinski definition) is 10. The summed E-state index contributed by atoms with van der Waals surface area (Å²) < 4.78 is 41.1. The molecule has 3 aromatic heterocycles. The second-order valence-electron chi connectivity index (χ2n) is 16.9. The number of rotatable bonds is 22. The van der Waals surface area contributed by atoms with Gasteiger partial charge in [0.15, 0.2) is 18.0 Å². The second kappa shape index (κ2) is 21.8. The van der Waals surface area contributed by atoms with Gasteiger partial charge in [-0.3, -0.25) is 19.1 Å². The molecule has 0 spiro atoms. The molecule has 0 saturated heterocycles. The minimum absolute atomic E-state index is 0.0224. The van der Waals surface area contributed by atoms with Gasteiger partial charge in [0, 0.05) is 49.8 Å². The second-order valence-corrected chi connectivity index (χ2v) is 17.1. The zero-order valence-corrected chi connectivity index (χ0v) is 36.2. The third kappa shape index (κ3) is 12.5. The number of nitrogens with zero attached hydrogens (tertiary/aromatic N) is 6. The third-order valence-electron chi connectivity index (χ3n) is 12.0. The molecule has 17 heteroatoms. The van der Waals surface area contributed by atoms with Crippen LogP contribution in [0, 0.1) is 11.8 Å².